The van der Waals surface area contributed by atoms with E-state index in [1.807, 2.05) is 36.2 Å². The highest BCUT2D eigenvalue weighted by Crippen LogP contribution is 2.36. The molecule has 1 saturated heterocycles. The molecule has 0 spiro atoms. The fourth-order valence-corrected chi connectivity index (χ4v) is 3.60. The van der Waals surface area contributed by atoms with Crippen LogP contribution in [0.2, 0.25) is 0 Å². The van der Waals surface area contributed by atoms with Crippen LogP contribution in [-0.4, -0.2) is 47.7 Å². The molecular weight excluding hydrogens is 330 g/mol. The molecule has 1 fully saturated rings. The minimum absolute atomic E-state index is 0.229. The third-order valence-electron chi connectivity index (χ3n) is 5.13. The second-order valence-electron chi connectivity index (χ2n) is 6.70. The highest BCUT2D eigenvalue weighted by Gasteiger charge is 2.29. The number of carbonyl (C=O) groups excluding carboxylic acids is 1. The summed E-state index contributed by atoms with van der Waals surface area (Å²) in [6.45, 7) is 4.35. The van der Waals surface area contributed by atoms with E-state index in [-0.39, 0.29) is 5.91 Å². The van der Waals surface area contributed by atoms with Gasteiger partial charge in [-0.1, -0.05) is 0 Å². The maximum atomic E-state index is 12.6. The number of likely N-dealkylation sites (tertiary alicyclic amines) is 1. The normalized spacial score (nSPS) is 16.7. The summed E-state index contributed by atoms with van der Waals surface area (Å²) in [5, 5.41) is 0. The molecule has 0 aliphatic carbocycles. The van der Waals surface area contributed by atoms with Gasteiger partial charge in [0.05, 0.1) is 14.2 Å². The monoisotopic (exact) mass is 357 g/mol. The Morgan fingerprint density at radius 3 is 2.85 bits per heavy atom. The molecule has 0 bridgehead atoms. The first-order chi connectivity index (χ1) is 12.6. The Bertz CT molecular complexity index is 757. The topological polar surface area (TPSA) is 56.6 Å². The molecule has 1 aromatic carbocycles. The molecule has 6 nitrogen and oxygen atoms in total. The molecular formula is C20H27N3O3. The molecule has 2 heterocycles. The molecule has 0 saturated carbocycles. The maximum Gasteiger partial charge on any atom is 0.222 e. The number of hydrogen-bond donors (Lipinski definition) is 0. The first-order valence-electron chi connectivity index (χ1n) is 9.09. The van der Waals surface area contributed by atoms with Gasteiger partial charge in [-0.15, -0.1) is 0 Å². The number of aromatic nitrogens is 2. The lowest BCUT2D eigenvalue weighted by molar-refractivity contribution is -0.130. The molecule has 1 atom stereocenters. The summed E-state index contributed by atoms with van der Waals surface area (Å²) < 4.78 is 12.9. The van der Waals surface area contributed by atoms with Gasteiger partial charge in [-0.2, -0.15) is 0 Å². The van der Waals surface area contributed by atoms with Crippen molar-refractivity contribution >= 4 is 5.91 Å². The Morgan fingerprint density at radius 1 is 1.31 bits per heavy atom. The summed E-state index contributed by atoms with van der Waals surface area (Å²) in [4.78, 5) is 18.7. The molecule has 1 amide bonds. The number of methoxy groups -OCH3 is 2. The predicted octanol–water partition coefficient (Wildman–Crippen LogP) is 3.01. The highest BCUT2D eigenvalue weighted by atomic mass is 16.5. The van der Waals surface area contributed by atoms with Gasteiger partial charge in [0.1, 0.15) is 17.3 Å². The fraction of sp³-hybridized carbons (Fsp3) is 0.500. The fourth-order valence-electron chi connectivity index (χ4n) is 3.60. The van der Waals surface area contributed by atoms with Gasteiger partial charge in [0, 0.05) is 49.9 Å². The van der Waals surface area contributed by atoms with E-state index in [1.54, 1.807) is 20.4 Å². The number of ether oxygens (including phenoxy) is 2. The minimum Gasteiger partial charge on any atom is -0.497 e. The standard InChI is InChI=1S/C20H27N3O3/c1-15-21-9-12-22(15)10-4-5-20(24)23-11-8-16(14-23)18-13-17(25-2)6-7-19(18)26-3/h6-7,9,12-13,16H,4-5,8,10-11,14H2,1-3H3. The zero-order chi connectivity index (χ0) is 18.5. The molecule has 3 rings (SSSR count). The average molecular weight is 357 g/mol. The number of carbonyl (C=O) groups is 1. The Hall–Kier alpha value is -2.50. The van der Waals surface area contributed by atoms with Crippen molar-refractivity contribution in [3.8, 4) is 11.5 Å². The molecule has 0 radical (unpaired) electrons. The summed E-state index contributed by atoms with van der Waals surface area (Å²) in [7, 11) is 3.35. The first kappa shape index (κ1) is 18.3. The van der Waals surface area contributed by atoms with Gasteiger partial charge in [-0.3, -0.25) is 4.79 Å². The first-order valence-corrected chi connectivity index (χ1v) is 9.09. The summed E-state index contributed by atoms with van der Waals surface area (Å²) in [5.74, 6) is 3.19. The van der Waals surface area contributed by atoms with E-state index < -0.39 is 0 Å². The van der Waals surface area contributed by atoms with Crippen LogP contribution in [-0.2, 0) is 11.3 Å². The number of amides is 1. The van der Waals surface area contributed by atoms with Gasteiger partial charge in [-0.25, -0.2) is 4.98 Å². The molecule has 2 aromatic rings. The molecule has 26 heavy (non-hydrogen) atoms. The number of rotatable bonds is 7. The van der Waals surface area contributed by atoms with Crippen molar-refractivity contribution in [2.45, 2.75) is 38.6 Å². The van der Waals surface area contributed by atoms with Crippen LogP contribution in [0.25, 0.3) is 0 Å². The van der Waals surface area contributed by atoms with Crippen LogP contribution in [0.5, 0.6) is 11.5 Å². The molecule has 140 valence electrons. The number of nitrogens with zero attached hydrogens (tertiary/aromatic N) is 3. The van der Waals surface area contributed by atoms with Gasteiger partial charge < -0.3 is 18.9 Å². The van der Waals surface area contributed by atoms with Crippen LogP contribution in [0.4, 0.5) is 0 Å². The lowest BCUT2D eigenvalue weighted by Crippen LogP contribution is -2.28. The lowest BCUT2D eigenvalue weighted by Gasteiger charge is -2.18. The number of aryl methyl sites for hydroxylation is 2. The van der Waals surface area contributed by atoms with E-state index in [9.17, 15) is 4.79 Å². The quantitative estimate of drug-likeness (QED) is 0.764. The van der Waals surface area contributed by atoms with Gasteiger partial charge in [0.25, 0.3) is 0 Å². The Labute approximate surface area is 154 Å². The Morgan fingerprint density at radius 2 is 2.15 bits per heavy atom. The smallest absolute Gasteiger partial charge is 0.222 e. The van der Waals surface area contributed by atoms with Crippen molar-refractivity contribution in [3.63, 3.8) is 0 Å². The largest absolute Gasteiger partial charge is 0.497 e. The average Bonchev–Trinajstić information content (AvgIpc) is 3.30. The van der Waals surface area contributed by atoms with Crippen molar-refractivity contribution in [2.24, 2.45) is 0 Å². The number of hydrogen-bond acceptors (Lipinski definition) is 4. The third-order valence-corrected chi connectivity index (χ3v) is 5.13. The van der Waals surface area contributed by atoms with Crippen LogP contribution in [0.3, 0.4) is 0 Å². The molecule has 1 aromatic heterocycles. The number of benzene rings is 1. The summed E-state index contributed by atoms with van der Waals surface area (Å²) in [6, 6.07) is 5.86. The summed E-state index contributed by atoms with van der Waals surface area (Å²) in [6.07, 6.45) is 6.11. The van der Waals surface area contributed by atoms with E-state index in [2.05, 4.69) is 9.55 Å². The number of imidazole rings is 1. The van der Waals surface area contributed by atoms with Crippen molar-refractivity contribution < 1.29 is 14.3 Å². The third kappa shape index (κ3) is 4.00. The molecule has 0 N–H and O–H groups in total. The zero-order valence-electron chi connectivity index (χ0n) is 15.8. The summed E-state index contributed by atoms with van der Waals surface area (Å²) in [5.41, 5.74) is 1.12. The van der Waals surface area contributed by atoms with Crippen LogP contribution in [0.1, 0.15) is 36.6 Å². The van der Waals surface area contributed by atoms with Crippen molar-refractivity contribution in [1.82, 2.24) is 14.5 Å². The summed E-state index contributed by atoms with van der Waals surface area (Å²) >= 11 is 0. The molecule has 1 aliphatic rings. The van der Waals surface area contributed by atoms with Gasteiger partial charge in [0.2, 0.25) is 5.91 Å². The van der Waals surface area contributed by atoms with Crippen LogP contribution < -0.4 is 9.47 Å². The Kier molecular flexibility index (Phi) is 5.81. The second kappa shape index (κ2) is 8.25. The van der Waals surface area contributed by atoms with Gasteiger partial charge in [0.15, 0.2) is 0 Å². The van der Waals surface area contributed by atoms with Crippen molar-refractivity contribution in [3.05, 3.63) is 42.0 Å². The molecule has 6 heteroatoms. The minimum atomic E-state index is 0.229. The zero-order valence-corrected chi connectivity index (χ0v) is 15.8. The van der Waals surface area contributed by atoms with Crippen molar-refractivity contribution in [1.29, 1.82) is 0 Å². The second-order valence-corrected chi connectivity index (χ2v) is 6.70. The van der Waals surface area contributed by atoms with E-state index >= 15 is 0 Å². The lowest BCUT2D eigenvalue weighted by atomic mass is 9.97. The maximum absolute atomic E-state index is 12.6. The molecule has 1 aliphatic heterocycles. The van der Waals surface area contributed by atoms with E-state index in [1.165, 1.54) is 0 Å². The molecule has 1 unspecified atom stereocenters. The predicted molar refractivity (Wildman–Crippen MR) is 99.7 cm³/mol. The van der Waals surface area contributed by atoms with E-state index in [4.69, 9.17) is 9.47 Å². The van der Waals surface area contributed by atoms with Gasteiger partial charge >= 0.3 is 0 Å². The van der Waals surface area contributed by atoms with Crippen LogP contribution in [0, 0.1) is 6.92 Å². The Balaban J connectivity index is 1.56. The SMILES string of the molecule is COc1ccc(OC)c(C2CCN(C(=O)CCCn3ccnc3C)C2)c1. The van der Waals surface area contributed by atoms with Crippen LogP contribution in [0.15, 0.2) is 30.6 Å². The van der Waals surface area contributed by atoms with Crippen molar-refractivity contribution in [2.75, 3.05) is 27.3 Å². The van der Waals surface area contributed by atoms with E-state index in [0.717, 1.165) is 55.4 Å². The van der Waals surface area contributed by atoms with E-state index in [0.29, 0.717) is 12.3 Å². The highest BCUT2D eigenvalue weighted by molar-refractivity contribution is 5.76. The van der Waals surface area contributed by atoms with Gasteiger partial charge in [-0.05, 0) is 38.0 Å². The van der Waals surface area contributed by atoms with Crippen LogP contribution >= 0.6 is 0 Å².